The van der Waals surface area contributed by atoms with Crippen LogP contribution in [-0.2, 0) is 31.4 Å². The van der Waals surface area contributed by atoms with E-state index in [2.05, 4.69) is 54.9 Å². The molecule has 0 aliphatic carbocycles. The molecule has 9 heteroatoms. The number of hydrogen-bond acceptors (Lipinski definition) is 5. The molecule has 1 aliphatic rings. The van der Waals surface area contributed by atoms with Crippen LogP contribution in [0.1, 0.15) is 17.0 Å². The fourth-order valence-corrected chi connectivity index (χ4v) is 2.93. The van der Waals surface area contributed by atoms with Crippen molar-refractivity contribution >= 4 is 29.9 Å². The number of guanidine groups is 1. The molecule has 2 heterocycles. The summed E-state index contributed by atoms with van der Waals surface area (Å²) in [5, 5.41) is 10.7. The van der Waals surface area contributed by atoms with Crippen LogP contribution in [0.5, 0.6) is 0 Å². The van der Waals surface area contributed by atoms with Crippen molar-refractivity contribution < 1.29 is 4.74 Å². The van der Waals surface area contributed by atoms with Crippen LogP contribution in [0, 0.1) is 0 Å². The summed E-state index contributed by atoms with van der Waals surface area (Å²) < 4.78 is 7.19. The number of ether oxygens (including phenoxy) is 1. The minimum absolute atomic E-state index is 0. The second-order valence-electron chi connectivity index (χ2n) is 6.24. The standard InChI is InChI=1S/C18H27N7O.HI/c1-19-18(21-12-17-22-14-23-24(17)2)20-11-15-5-3-4-6-16(15)13-25-7-9-26-10-8-25;/h3-6,14H,7-13H2,1-2H3,(H2,19,20,21);1H. The molecule has 1 fully saturated rings. The van der Waals surface area contributed by atoms with Crippen molar-refractivity contribution in [3.63, 3.8) is 0 Å². The molecule has 0 radical (unpaired) electrons. The second-order valence-corrected chi connectivity index (χ2v) is 6.24. The Morgan fingerprint density at radius 2 is 1.85 bits per heavy atom. The third-order valence-corrected chi connectivity index (χ3v) is 4.51. The summed E-state index contributed by atoms with van der Waals surface area (Å²) in [6.07, 6.45) is 1.55. The number of nitrogens with zero attached hydrogens (tertiary/aromatic N) is 5. The Bertz CT molecular complexity index is 728. The molecule has 1 aliphatic heterocycles. The molecule has 2 aromatic rings. The maximum absolute atomic E-state index is 5.44. The molecule has 0 atom stereocenters. The summed E-state index contributed by atoms with van der Waals surface area (Å²) in [5.74, 6) is 1.61. The summed E-state index contributed by atoms with van der Waals surface area (Å²) in [7, 11) is 3.65. The van der Waals surface area contributed by atoms with Crippen molar-refractivity contribution in [2.24, 2.45) is 12.0 Å². The number of aryl methyl sites for hydroxylation is 1. The van der Waals surface area contributed by atoms with E-state index in [1.54, 1.807) is 18.1 Å². The average Bonchev–Trinajstić information content (AvgIpc) is 3.09. The van der Waals surface area contributed by atoms with Gasteiger partial charge in [-0.25, -0.2) is 4.98 Å². The Morgan fingerprint density at radius 3 is 2.52 bits per heavy atom. The minimum atomic E-state index is 0. The Morgan fingerprint density at radius 1 is 1.15 bits per heavy atom. The minimum Gasteiger partial charge on any atom is -0.379 e. The number of aliphatic imine (C=N–C) groups is 1. The molecular weight excluding hydrogens is 457 g/mol. The van der Waals surface area contributed by atoms with Crippen LogP contribution in [-0.4, -0.2) is 59.0 Å². The van der Waals surface area contributed by atoms with Crippen molar-refractivity contribution in [3.05, 3.63) is 47.5 Å². The molecule has 0 saturated carbocycles. The fraction of sp³-hybridized carbons (Fsp3) is 0.500. The molecule has 0 unspecified atom stereocenters. The monoisotopic (exact) mass is 485 g/mol. The van der Waals surface area contributed by atoms with E-state index < -0.39 is 0 Å². The SMILES string of the molecule is CN=C(NCc1ccccc1CN1CCOCC1)NCc1ncnn1C.I. The van der Waals surface area contributed by atoms with Gasteiger partial charge < -0.3 is 15.4 Å². The van der Waals surface area contributed by atoms with Crippen LogP contribution in [0.2, 0.25) is 0 Å². The highest BCUT2D eigenvalue weighted by atomic mass is 127. The number of benzene rings is 1. The van der Waals surface area contributed by atoms with Crippen molar-refractivity contribution in [1.29, 1.82) is 0 Å². The summed E-state index contributed by atoms with van der Waals surface area (Å²) >= 11 is 0. The van der Waals surface area contributed by atoms with Gasteiger partial charge in [-0.15, -0.1) is 24.0 Å². The molecule has 0 amide bonds. The first-order valence-corrected chi connectivity index (χ1v) is 8.90. The highest BCUT2D eigenvalue weighted by Gasteiger charge is 2.13. The van der Waals surface area contributed by atoms with Gasteiger partial charge in [0.15, 0.2) is 5.96 Å². The highest BCUT2D eigenvalue weighted by molar-refractivity contribution is 14.0. The van der Waals surface area contributed by atoms with E-state index in [4.69, 9.17) is 4.74 Å². The van der Waals surface area contributed by atoms with Gasteiger partial charge in [0.1, 0.15) is 12.2 Å². The predicted octanol–water partition coefficient (Wildman–Crippen LogP) is 1.13. The smallest absolute Gasteiger partial charge is 0.191 e. The van der Waals surface area contributed by atoms with E-state index >= 15 is 0 Å². The average molecular weight is 485 g/mol. The molecule has 0 bridgehead atoms. The van der Waals surface area contributed by atoms with E-state index in [0.717, 1.165) is 51.2 Å². The van der Waals surface area contributed by atoms with E-state index in [9.17, 15) is 0 Å². The second kappa shape index (κ2) is 11.2. The van der Waals surface area contributed by atoms with Crippen molar-refractivity contribution in [2.75, 3.05) is 33.4 Å². The lowest BCUT2D eigenvalue weighted by Gasteiger charge is -2.27. The lowest BCUT2D eigenvalue weighted by Crippen LogP contribution is -2.38. The molecule has 1 aromatic carbocycles. The number of rotatable bonds is 6. The molecule has 1 aromatic heterocycles. The van der Waals surface area contributed by atoms with Crippen molar-refractivity contribution in [1.82, 2.24) is 30.3 Å². The quantitative estimate of drug-likeness (QED) is 0.363. The van der Waals surface area contributed by atoms with Crippen LogP contribution in [0.3, 0.4) is 0 Å². The largest absolute Gasteiger partial charge is 0.379 e. The van der Waals surface area contributed by atoms with Crippen LogP contribution >= 0.6 is 24.0 Å². The summed E-state index contributed by atoms with van der Waals surface area (Å²) in [5.41, 5.74) is 2.62. The fourth-order valence-electron chi connectivity index (χ4n) is 2.93. The lowest BCUT2D eigenvalue weighted by atomic mass is 10.1. The van der Waals surface area contributed by atoms with Crippen molar-refractivity contribution in [3.8, 4) is 0 Å². The summed E-state index contributed by atoms with van der Waals surface area (Å²) in [4.78, 5) is 10.9. The Kier molecular flexibility index (Phi) is 8.95. The molecular formula is C18H28IN7O. The number of aromatic nitrogens is 3. The third kappa shape index (κ3) is 6.43. The number of nitrogens with one attached hydrogen (secondary N) is 2. The van der Waals surface area contributed by atoms with E-state index in [-0.39, 0.29) is 24.0 Å². The normalized spacial score (nSPS) is 15.3. The van der Waals surface area contributed by atoms with Gasteiger partial charge in [-0.1, -0.05) is 24.3 Å². The third-order valence-electron chi connectivity index (χ3n) is 4.51. The lowest BCUT2D eigenvalue weighted by molar-refractivity contribution is 0.0341. The summed E-state index contributed by atoms with van der Waals surface area (Å²) in [6, 6.07) is 8.54. The first-order chi connectivity index (χ1) is 12.8. The van der Waals surface area contributed by atoms with Gasteiger partial charge in [0.05, 0.1) is 19.8 Å². The van der Waals surface area contributed by atoms with Crippen LogP contribution < -0.4 is 10.6 Å². The number of halogens is 1. The first kappa shape index (κ1) is 21.6. The molecule has 0 spiro atoms. The first-order valence-electron chi connectivity index (χ1n) is 8.90. The van der Waals surface area contributed by atoms with Gasteiger partial charge >= 0.3 is 0 Å². The van der Waals surface area contributed by atoms with Gasteiger partial charge in [-0.05, 0) is 11.1 Å². The molecule has 1 saturated heterocycles. The van der Waals surface area contributed by atoms with Crippen LogP contribution in [0.25, 0.3) is 0 Å². The van der Waals surface area contributed by atoms with Crippen molar-refractivity contribution in [2.45, 2.75) is 19.6 Å². The number of morpholine rings is 1. The maximum atomic E-state index is 5.44. The van der Waals surface area contributed by atoms with E-state index in [0.29, 0.717) is 6.54 Å². The zero-order chi connectivity index (χ0) is 18.2. The Hall–Kier alpha value is -1.72. The molecule has 148 valence electrons. The topological polar surface area (TPSA) is 79.6 Å². The van der Waals surface area contributed by atoms with Crippen LogP contribution in [0.15, 0.2) is 35.6 Å². The van der Waals surface area contributed by atoms with Gasteiger partial charge in [-0.3, -0.25) is 14.6 Å². The Labute approximate surface area is 177 Å². The zero-order valence-corrected chi connectivity index (χ0v) is 18.2. The van der Waals surface area contributed by atoms with E-state index in [1.165, 1.54) is 11.1 Å². The van der Waals surface area contributed by atoms with E-state index in [1.807, 2.05) is 7.05 Å². The van der Waals surface area contributed by atoms with Gasteiger partial charge in [0.25, 0.3) is 0 Å². The maximum Gasteiger partial charge on any atom is 0.191 e. The molecule has 2 N–H and O–H groups in total. The van der Waals surface area contributed by atoms with Crippen LogP contribution in [0.4, 0.5) is 0 Å². The number of hydrogen-bond donors (Lipinski definition) is 2. The van der Waals surface area contributed by atoms with Gasteiger partial charge in [0.2, 0.25) is 0 Å². The Balaban J connectivity index is 0.00000261. The molecule has 8 nitrogen and oxygen atoms in total. The zero-order valence-electron chi connectivity index (χ0n) is 15.9. The van der Waals surface area contributed by atoms with Gasteiger partial charge in [0, 0.05) is 40.3 Å². The molecule has 3 rings (SSSR count). The highest BCUT2D eigenvalue weighted by Crippen LogP contribution is 2.13. The summed E-state index contributed by atoms with van der Waals surface area (Å²) in [6.45, 7) is 5.86. The molecule has 27 heavy (non-hydrogen) atoms. The predicted molar refractivity (Wildman–Crippen MR) is 116 cm³/mol. The van der Waals surface area contributed by atoms with Gasteiger partial charge in [-0.2, -0.15) is 5.10 Å².